The normalized spacial score (nSPS) is 16.2. The highest BCUT2D eigenvalue weighted by Gasteiger charge is 2.23. The van der Waals surface area contributed by atoms with Crippen molar-refractivity contribution in [3.63, 3.8) is 0 Å². The minimum atomic E-state index is -3.53. The number of ether oxygens (including phenoxy) is 1. The van der Waals surface area contributed by atoms with E-state index < -0.39 is 7.60 Å². The quantitative estimate of drug-likeness (QED) is 0.644. The van der Waals surface area contributed by atoms with Crippen molar-refractivity contribution in [1.29, 1.82) is 0 Å². The molecule has 1 amide bonds. The predicted molar refractivity (Wildman–Crippen MR) is 118 cm³/mol. The zero-order chi connectivity index (χ0) is 21.6. The molecule has 0 bridgehead atoms. The topological polar surface area (TPSA) is 79.3 Å². The van der Waals surface area contributed by atoms with Gasteiger partial charge in [0, 0.05) is 37.4 Å². The largest absolute Gasteiger partial charge is 0.497 e. The van der Waals surface area contributed by atoms with E-state index in [1.54, 1.807) is 26.2 Å². The first-order chi connectivity index (χ1) is 14.4. The number of hydrogen-bond acceptors (Lipinski definition) is 5. The van der Waals surface area contributed by atoms with E-state index in [1.807, 2.05) is 41.3 Å². The van der Waals surface area contributed by atoms with Crippen LogP contribution >= 0.6 is 7.60 Å². The van der Waals surface area contributed by atoms with Gasteiger partial charge in [0.2, 0.25) is 0 Å². The fraction of sp³-hybridized carbons (Fsp3) is 0.409. The third-order valence-electron chi connectivity index (χ3n) is 5.22. The molecule has 0 spiro atoms. The summed E-state index contributed by atoms with van der Waals surface area (Å²) in [5.74, 6) is 0.841. The maximum atomic E-state index is 12.8. The summed E-state index contributed by atoms with van der Waals surface area (Å²) in [6.45, 7) is 4.79. The van der Waals surface area contributed by atoms with E-state index in [-0.39, 0.29) is 18.7 Å². The molecule has 0 aromatic heterocycles. The van der Waals surface area contributed by atoms with Crippen LogP contribution in [0, 0.1) is 0 Å². The molecule has 162 valence electrons. The van der Waals surface area contributed by atoms with Crippen molar-refractivity contribution in [3.05, 3.63) is 59.7 Å². The first kappa shape index (κ1) is 22.3. The summed E-state index contributed by atoms with van der Waals surface area (Å²) in [4.78, 5) is 26.6. The Labute approximate surface area is 177 Å². The standard InChI is InChI=1S/C22H29N2O5P/c1-3-29-30(26,27)17-12-18-4-6-19(7-5-18)22(25)24-15-13-23(14-16-24)20-8-10-21(28-2)11-9-20/h4-11H,3,12-17H2,1-2H3,(H,26,27). The van der Waals surface area contributed by atoms with Crippen LogP contribution in [0.2, 0.25) is 0 Å². The van der Waals surface area contributed by atoms with Crippen molar-refractivity contribution >= 4 is 19.2 Å². The smallest absolute Gasteiger partial charge is 0.328 e. The Bertz CT molecular complexity index is 877. The Morgan fingerprint density at radius 2 is 1.67 bits per heavy atom. The molecule has 2 aromatic carbocycles. The SMILES string of the molecule is CCOP(=O)(O)CCc1ccc(C(=O)N2CCN(c3ccc(OC)cc3)CC2)cc1. The Hall–Kier alpha value is -2.34. The average molecular weight is 432 g/mol. The highest BCUT2D eigenvalue weighted by molar-refractivity contribution is 7.52. The lowest BCUT2D eigenvalue weighted by Crippen LogP contribution is -2.48. The van der Waals surface area contributed by atoms with Crippen LogP contribution in [0.5, 0.6) is 5.75 Å². The van der Waals surface area contributed by atoms with Crippen LogP contribution in [-0.4, -0.2) is 61.8 Å². The number of benzene rings is 2. The third-order valence-corrected chi connectivity index (χ3v) is 6.67. The fourth-order valence-corrected chi connectivity index (χ4v) is 4.57. The minimum absolute atomic E-state index is 0.0121. The Morgan fingerprint density at radius 3 is 2.23 bits per heavy atom. The lowest BCUT2D eigenvalue weighted by molar-refractivity contribution is 0.0746. The van der Waals surface area contributed by atoms with Crippen LogP contribution in [0.25, 0.3) is 0 Å². The van der Waals surface area contributed by atoms with E-state index in [9.17, 15) is 14.3 Å². The summed E-state index contributed by atoms with van der Waals surface area (Å²) in [6.07, 6.45) is 0.504. The van der Waals surface area contributed by atoms with Crippen molar-refractivity contribution < 1.29 is 23.5 Å². The van der Waals surface area contributed by atoms with Crippen LogP contribution in [0.4, 0.5) is 5.69 Å². The van der Waals surface area contributed by atoms with Gasteiger partial charge in [-0.2, -0.15) is 0 Å². The van der Waals surface area contributed by atoms with Gasteiger partial charge in [-0.15, -0.1) is 0 Å². The molecule has 0 saturated carbocycles. The van der Waals surface area contributed by atoms with Crippen molar-refractivity contribution in [2.75, 3.05) is 51.0 Å². The molecule has 1 aliphatic heterocycles. The molecule has 30 heavy (non-hydrogen) atoms. The molecule has 1 N–H and O–H groups in total. The number of amides is 1. The second-order valence-electron chi connectivity index (χ2n) is 7.20. The zero-order valence-corrected chi connectivity index (χ0v) is 18.4. The number of hydrogen-bond donors (Lipinski definition) is 1. The van der Waals surface area contributed by atoms with E-state index >= 15 is 0 Å². The summed E-state index contributed by atoms with van der Waals surface area (Å²) in [5, 5.41) is 0. The highest BCUT2D eigenvalue weighted by Crippen LogP contribution is 2.42. The number of aryl methyl sites for hydroxylation is 1. The molecule has 1 fully saturated rings. The van der Waals surface area contributed by atoms with E-state index in [1.165, 1.54) is 0 Å². The van der Waals surface area contributed by atoms with Crippen molar-refractivity contribution in [2.24, 2.45) is 0 Å². The average Bonchev–Trinajstić information content (AvgIpc) is 2.78. The van der Waals surface area contributed by atoms with Gasteiger partial charge in [0.15, 0.2) is 0 Å². The minimum Gasteiger partial charge on any atom is -0.497 e. The lowest BCUT2D eigenvalue weighted by Gasteiger charge is -2.36. The first-order valence-electron chi connectivity index (χ1n) is 10.2. The molecule has 1 saturated heterocycles. The number of rotatable bonds is 8. The molecule has 7 nitrogen and oxygen atoms in total. The fourth-order valence-electron chi connectivity index (χ4n) is 3.49. The van der Waals surface area contributed by atoms with E-state index in [0.717, 1.165) is 30.1 Å². The number of carbonyl (C=O) groups excluding carboxylic acids is 1. The van der Waals surface area contributed by atoms with E-state index in [4.69, 9.17) is 9.26 Å². The third kappa shape index (κ3) is 5.85. The summed E-state index contributed by atoms with van der Waals surface area (Å²) in [6, 6.07) is 15.2. The van der Waals surface area contributed by atoms with E-state index in [0.29, 0.717) is 25.1 Å². The van der Waals surface area contributed by atoms with Gasteiger partial charge in [-0.05, 0) is 55.3 Å². The Kier molecular flexibility index (Phi) is 7.53. The van der Waals surface area contributed by atoms with Gasteiger partial charge < -0.3 is 24.0 Å². The highest BCUT2D eigenvalue weighted by atomic mass is 31.2. The number of piperazine rings is 1. The maximum Gasteiger partial charge on any atom is 0.328 e. The van der Waals surface area contributed by atoms with Gasteiger partial charge >= 0.3 is 7.60 Å². The summed E-state index contributed by atoms with van der Waals surface area (Å²) < 4.78 is 21.9. The monoisotopic (exact) mass is 432 g/mol. The molecule has 1 unspecified atom stereocenters. The molecule has 2 aromatic rings. The van der Waals surface area contributed by atoms with Gasteiger partial charge in [-0.3, -0.25) is 9.36 Å². The van der Waals surface area contributed by atoms with Gasteiger partial charge in [-0.1, -0.05) is 12.1 Å². The first-order valence-corrected chi connectivity index (χ1v) is 11.9. The number of nitrogens with zero attached hydrogens (tertiary/aromatic N) is 2. The molecule has 1 aliphatic rings. The molecular weight excluding hydrogens is 403 g/mol. The Morgan fingerprint density at radius 1 is 1.03 bits per heavy atom. The summed E-state index contributed by atoms with van der Waals surface area (Å²) in [7, 11) is -1.88. The molecule has 1 atom stereocenters. The molecule has 3 rings (SSSR count). The summed E-state index contributed by atoms with van der Waals surface area (Å²) >= 11 is 0. The van der Waals surface area contributed by atoms with Crippen LogP contribution in [-0.2, 0) is 15.5 Å². The molecule has 0 radical (unpaired) electrons. The van der Waals surface area contributed by atoms with E-state index in [2.05, 4.69) is 4.90 Å². The van der Waals surface area contributed by atoms with Crippen LogP contribution in [0.15, 0.2) is 48.5 Å². The second-order valence-corrected chi connectivity index (χ2v) is 9.18. The predicted octanol–water partition coefficient (Wildman–Crippen LogP) is 3.42. The van der Waals surface area contributed by atoms with Crippen molar-refractivity contribution in [2.45, 2.75) is 13.3 Å². The van der Waals surface area contributed by atoms with Gasteiger partial charge in [-0.25, -0.2) is 0 Å². The van der Waals surface area contributed by atoms with Crippen molar-refractivity contribution in [3.8, 4) is 5.75 Å². The number of methoxy groups -OCH3 is 1. The van der Waals surface area contributed by atoms with Gasteiger partial charge in [0.05, 0.1) is 19.9 Å². The van der Waals surface area contributed by atoms with Crippen molar-refractivity contribution in [1.82, 2.24) is 4.90 Å². The Balaban J connectivity index is 1.52. The second kappa shape index (κ2) is 10.1. The molecule has 1 heterocycles. The summed E-state index contributed by atoms with van der Waals surface area (Å²) in [5.41, 5.74) is 2.67. The zero-order valence-electron chi connectivity index (χ0n) is 17.5. The lowest BCUT2D eigenvalue weighted by atomic mass is 10.1. The molecule has 0 aliphatic carbocycles. The molecule has 8 heteroatoms. The van der Waals surface area contributed by atoms with Crippen LogP contribution < -0.4 is 9.64 Å². The number of anilines is 1. The number of carbonyl (C=O) groups is 1. The van der Waals surface area contributed by atoms with Crippen LogP contribution in [0.1, 0.15) is 22.8 Å². The van der Waals surface area contributed by atoms with Gasteiger partial charge in [0.25, 0.3) is 5.91 Å². The van der Waals surface area contributed by atoms with Gasteiger partial charge in [0.1, 0.15) is 5.75 Å². The van der Waals surface area contributed by atoms with Crippen LogP contribution in [0.3, 0.4) is 0 Å². The maximum absolute atomic E-state index is 12.8. The molecular formula is C22H29N2O5P.